The summed E-state index contributed by atoms with van der Waals surface area (Å²) in [5, 5.41) is 0. The number of nitrogens with zero attached hydrogens (tertiary/aromatic N) is 1. The summed E-state index contributed by atoms with van der Waals surface area (Å²) in [6.07, 6.45) is 3.26. The summed E-state index contributed by atoms with van der Waals surface area (Å²) in [5.74, 6) is 0.491. The van der Waals surface area contributed by atoms with E-state index in [1.54, 1.807) is 0 Å². The van der Waals surface area contributed by atoms with Gasteiger partial charge in [-0.25, -0.2) is 0 Å². The third-order valence-electron chi connectivity index (χ3n) is 4.38. The number of para-hydroxylation sites is 1. The second-order valence-corrected chi connectivity index (χ2v) is 5.81. The van der Waals surface area contributed by atoms with Crippen molar-refractivity contribution in [3.63, 3.8) is 0 Å². The molecule has 1 amide bonds. The SMILES string of the molecule is Cc1ccccc1CN(C(=O)C1CCC1)c1ccccc1. The molecule has 2 nitrogen and oxygen atoms in total. The molecule has 0 bridgehead atoms. The fourth-order valence-electron chi connectivity index (χ4n) is 2.74. The van der Waals surface area contributed by atoms with Gasteiger partial charge in [-0.1, -0.05) is 48.9 Å². The first kappa shape index (κ1) is 13.9. The summed E-state index contributed by atoms with van der Waals surface area (Å²) in [7, 11) is 0. The van der Waals surface area contributed by atoms with Crippen molar-refractivity contribution in [3.8, 4) is 0 Å². The number of anilines is 1. The van der Waals surface area contributed by atoms with Crippen molar-refractivity contribution in [2.75, 3.05) is 4.90 Å². The molecule has 1 fully saturated rings. The lowest BCUT2D eigenvalue weighted by atomic mass is 9.84. The number of rotatable bonds is 4. The Labute approximate surface area is 126 Å². The summed E-state index contributed by atoms with van der Waals surface area (Å²) < 4.78 is 0. The van der Waals surface area contributed by atoms with E-state index in [1.165, 1.54) is 17.5 Å². The third-order valence-corrected chi connectivity index (χ3v) is 4.38. The average Bonchev–Trinajstić information content (AvgIpc) is 2.45. The van der Waals surface area contributed by atoms with Gasteiger partial charge in [-0.15, -0.1) is 0 Å². The van der Waals surface area contributed by atoms with Gasteiger partial charge in [0.1, 0.15) is 0 Å². The van der Waals surface area contributed by atoms with E-state index in [0.717, 1.165) is 18.5 Å². The molecule has 108 valence electrons. The van der Waals surface area contributed by atoms with Crippen molar-refractivity contribution in [2.24, 2.45) is 5.92 Å². The molecule has 0 aromatic heterocycles. The van der Waals surface area contributed by atoms with Crippen molar-refractivity contribution >= 4 is 11.6 Å². The Morgan fingerprint density at radius 3 is 2.33 bits per heavy atom. The van der Waals surface area contributed by atoms with Crippen molar-refractivity contribution in [1.82, 2.24) is 0 Å². The third kappa shape index (κ3) is 2.99. The van der Waals surface area contributed by atoms with Gasteiger partial charge in [-0.3, -0.25) is 4.79 Å². The number of aryl methyl sites for hydroxylation is 1. The molecule has 1 aliphatic rings. The van der Waals surface area contributed by atoms with Gasteiger partial charge in [0.2, 0.25) is 5.91 Å². The number of benzene rings is 2. The molecule has 0 radical (unpaired) electrons. The van der Waals surface area contributed by atoms with E-state index in [1.807, 2.05) is 47.4 Å². The van der Waals surface area contributed by atoms with Crippen molar-refractivity contribution in [1.29, 1.82) is 0 Å². The van der Waals surface area contributed by atoms with Crippen molar-refractivity contribution < 1.29 is 4.79 Å². The molecule has 0 heterocycles. The molecule has 0 N–H and O–H groups in total. The summed E-state index contributed by atoms with van der Waals surface area (Å²) in [6.45, 7) is 2.76. The fourth-order valence-corrected chi connectivity index (χ4v) is 2.74. The van der Waals surface area contributed by atoms with Crippen LogP contribution in [-0.2, 0) is 11.3 Å². The molecule has 21 heavy (non-hydrogen) atoms. The Kier molecular flexibility index (Phi) is 4.05. The van der Waals surface area contributed by atoms with Gasteiger partial charge >= 0.3 is 0 Å². The second-order valence-electron chi connectivity index (χ2n) is 5.81. The van der Waals surface area contributed by atoms with E-state index in [4.69, 9.17) is 0 Å². The highest BCUT2D eigenvalue weighted by Gasteiger charge is 2.30. The van der Waals surface area contributed by atoms with Gasteiger partial charge in [0, 0.05) is 11.6 Å². The Balaban J connectivity index is 1.89. The number of hydrogen-bond donors (Lipinski definition) is 0. The quantitative estimate of drug-likeness (QED) is 0.815. The molecule has 0 spiro atoms. The number of hydrogen-bond acceptors (Lipinski definition) is 1. The molecular weight excluding hydrogens is 258 g/mol. The number of amides is 1. The van der Waals surface area contributed by atoms with Gasteiger partial charge in [0.05, 0.1) is 6.54 Å². The normalized spacial score (nSPS) is 14.5. The highest BCUT2D eigenvalue weighted by atomic mass is 16.2. The van der Waals surface area contributed by atoms with Crippen LogP contribution in [0.4, 0.5) is 5.69 Å². The molecule has 1 aliphatic carbocycles. The minimum absolute atomic E-state index is 0.217. The van der Waals surface area contributed by atoms with Crippen molar-refractivity contribution in [3.05, 3.63) is 65.7 Å². The van der Waals surface area contributed by atoms with E-state index >= 15 is 0 Å². The smallest absolute Gasteiger partial charge is 0.230 e. The molecule has 0 atom stereocenters. The zero-order valence-electron chi connectivity index (χ0n) is 12.5. The summed E-state index contributed by atoms with van der Waals surface area (Å²) in [4.78, 5) is 14.7. The molecule has 1 saturated carbocycles. The van der Waals surface area contributed by atoms with Crippen LogP contribution in [0.1, 0.15) is 30.4 Å². The number of carbonyl (C=O) groups excluding carboxylic acids is 1. The van der Waals surface area contributed by atoms with Gasteiger partial charge in [-0.2, -0.15) is 0 Å². The van der Waals surface area contributed by atoms with Gasteiger partial charge in [0.25, 0.3) is 0 Å². The first-order valence-corrected chi connectivity index (χ1v) is 7.66. The van der Waals surface area contributed by atoms with E-state index in [0.29, 0.717) is 6.54 Å². The first-order chi connectivity index (χ1) is 10.3. The predicted molar refractivity (Wildman–Crippen MR) is 86.2 cm³/mol. The largest absolute Gasteiger partial charge is 0.308 e. The second kappa shape index (κ2) is 6.13. The molecule has 2 heteroatoms. The number of carbonyl (C=O) groups is 1. The Hall–Kier alpha value is -2.09. The van der Waals surface area contributed by atoms with Crippen LogP contribution >= 0.6 is 0 Å². The molecule has 3 rings (SSSR count). The average molecular weight is 279 g/mol. The lowest BCUT2D eigenvalue weighted by molar-refractivity contribution is -0.124. The minimum atomic E-state index is 0.217. The van der Waals surface area contributed by atoms with Crippen molar-refractivity contribution in [2.45, 2.75) is 32.7 Å². The standard InChI is InChI=1S/C19H21NO/c1-15-8-5-6-9-17(15)14-20(18-12-3-2-4-13-18)19(21)16-10-7-11-16/h2-6,8-9,12-13,16H,7,10-11,14H2,1H3. The highest BCUT2D eigenvalue weighted by Crippen LogP contribution is 2.31. The monoisotopic (exact) mass is 279 g/mol. The van der Waals surface area contributed by atoms with Crippen LogP contribution in [-0.4, -0.2) is 5.91 Å². The highest BCUT2D eigenvalue weighted by molar-refractivity contribution is 5.95. The zero-order chi connectivity index (χ0) is 14.7. The van der Waals surface area contributed by atoms with Gasteiger partial charge in [-0.05, 0) is 43.0 Å². The molecule has 2 aromatic carbocycles. The van der Waals surface area contributed by atoms with Crippen LogP contribution in [0.15, 0.2) is 54.6 Å². The maximum atomic E-state index is 12.8. The van der Waals surface area contributed by atoms with Crippen LogP contribution in [0.25, 0.3) is 0 Å². The van der Waals surface area contributed by atoms with Crippen LogP contribution < -0.4 is 4.90 Å². The molecule has 0 aliphatic heterocycles. The lowest BCUT2D eigenvalue weighted by Gasteiger charge is -2.32. The zero-order valence-corrected chi connectivity index (χ0v) is 12.5. The Morgan fingerprint density at radius 2 is 1.71 bits per heavy atom. The minimum Gasteiger partial charge on any atom is -0.308 e. The molecule has 2 aromatic rings. The lowest BCUT2D eigenvalue weighted by Crippen LogP contribution is -2.38. The van der Waals surface area contributed by atoms with Gasteiger partial charge < -0.3 is 4.90 Å². The maximum absolute atomic E-state index is 12.8. The molecule has 0 saturated heterocycles. The van der Waals surface area contributed by atoms with Gasteiger partial charge in [0.15, 0.2) is 0 Å². The summed E-state index contributed by atoms with van der Waals surface area (Å²) in [5.41, 5.74) is 3.45. The van der Waals surface area contributed by atoms with E-state index < -0.39 is 0 Å². The van der Waals surface area contributed by atoms with E-state index in [-0.39, 0.29) is 11.8 Å². The summed E-state index contributed by atoms with van der Waals surface area (Å²) >= 11 is 0. The van der Waals surface area contributed by atoms with Crippen LogP contribution in [0.3, 0.4) is 0 Å². The Bertz CT molecular complexity index is 616. The Morgan fingerprint density at radius 1 is 1.05 bits per heavy atom. The van der Waals surface area contributed by atoms with Crippen LogP contribution in [0, 0.1) is 12.8 Å². The topological polar surface area (TPSA) is 20.3 Å². The van der Waals surface area contributed by atoms with E-state index in [9.17, 15) is 4.79 Å². The fraction of sp³-hybridized carbons (Fsp3) is 0.316. The molecular formula is C19H21NO. The summed E-state index contributed by atoms with van der Waals surface area (Å²) in [6, 6.07) is 18.3. The maximum Gasteiger partial charge on any atom is 0.230 e. The van der Waals surface area contributed by atoms with Crippen LogP contribution in [0.2, 0.25) is 0 Å². The molecule has 0 unspecified atom stereocenters. The van der Waals surface area contributed by atoms with Crippen LogP contribution in [0.5, 0.6) is 0 Å². The van der Waals surface area contributed by atoms with E-state index in [2.05, 4.69) is 19.1 Å². The predicted octanol–water partition coefficient (Wildman–Crippen LogP) is 4.33. The first-order valence-electron chi connectivity index (χ1n) is 7.66.